The summed E-state index contributed by atoms with van der Waals surface area (Å²) in [6.07, 6.45) is 1.22. The summed E-state index contributed by atoms with van der Waals surface area (Å²) in [5.74, 6) is 0.636. The number of ether oxygens (including phenoxy) is 1. The number of fused-ring (bicyclic) bond motifs is 1. The number of hydrogen-bond donors (Lipinski definition) is 1. The molecular formula is C15H22N2O. The van der Waals surface area contributed by atoms with Crippen molar-refractivity contribution in [1.82, 2.24) is 0 Å². The van der Waals surface area contributed by atoms with Crippen molar-refractivity contribution >= 4 is 5.69 Å². The minimum atomic E-state index is 0.338. The minimum Gasteiger partial charge on any atom is -0.380 e. The molecular weight excluding hydrogens is 224 g/mol. The van der Waals surface area contributed by atoms with Gasteiger partial charge in [-0.05, 0) is 24.0 Å². The number of anilines is 1. The van der Waals surface area contributed by atoms with Crippen LogP contribution in [0.1, 0.15) is 24.8 Å². The van der Waals surface area contributed by atoms with Gasteiger partial charge in [0.1, 0.15) is 0 Å². The Labute approximate surface area is 109 Å². The normalized spacial score (nSPS) is 25.4. The standard InChI is InChI=1S/C15H22N2O/c1-15(10-18-11-15)13-6-8-17(9-7-16)14-5-3-2-4-12(13)14/h2-5,13H,6-11,16H2,1H3/t13-/m0/s1. The third-order valence-electron chi connectivity index (χ3n) is 4.44. The molecule has 2 N–H and O–H groups in total. The van der Waals surface area contributed by atoms with Gasteiger partial charge in [0.05, 0.1) is 13.2 Å². The van der Waals surface area contributed by atoms with Gasteiger partial charge >= 0.3 is 0 Å². The van der Waals surface area contributed by atoms with E-state index in [4.69, 9.17) is 10.5 Å². The van der Waals surface area contributed by atoms with Gasteiger partial charge in [0.15, 0.2) is 0 Å². The first-order chi connectivity index (χ1) is 8.74. The fourth-order valence-electron chi connectivity index (χ4n) is 3.37. The molecule has 1 fully saturated rings. The van der Waals surface area contributed by atoms with Crippen LogP contribution in [0.25, 0.3) is 0 Å². The predicted molar refractivity (Wildman–Crippen MR) is 74.0 cm³/mol. The molecule has 0 saturated carbocycles. The summed E-state index contributed by atoms with van der Waals surface area (Å²) in [6, 6.07) is 8.80. The summed E-state index contributed by atoms with van der Waals surface area (Å²) in [7, 11) is 0. The Morgan fingerprint density at radius 2 is 2.17 bits per heavy atom. The number of nitrogens with two attached hydrogens (primary N) is 1. The lowest BCUT2D eigenvalue weighted by Gasteiger charge is -2.48. The molecule has 0 spiro atoms. The van der Waals surface area contributed by atoms with E-state index in [-0.39, 0.29) is 0 Å². The SMILES string of the molecule is CC1([C@H]2CCN(CCN)c3ccccc32)COC1. The lowest BCUT2D eigenvalue weighted by molar-refractivity contribution is -0.118. The van der Waals surface area contributed by atoms with Gasteiger partial charge in [0, 0.05) is 30.7 Å². The molecule has 3 heteroatoms. The van der Waals surface area contributed by atoms with Crippen molar-refractivity contribution in [2.45, 2.75) is 19.3 Å². The second kappa shape index (κ2) is 4.56. The van der Waals surface area contributed by atoms with Crippen LogP contribution in [0, 0.1) is 5.41 Å². The molecule has 0 aliphatic carbocycles. The van der Waals surface area contributed by atoms with Crippen LogP contribution in [0.3, 0.4) is 0 Å². The van der Waals surface area contributed by atoms with Crippen molar-refractivity contribution in [2.24, 2.45) is 11.1 Å². The summed E-state index contributed by atoms with van der Waals surface area (Å²) in [5, 5.41) is 0. The van der Waals surface area contributed by atoms with Crippen molar-refractivity contribution in [2.75, 3.05) is 37.7 Å². The summed E-state index contributed by atoms with van der Waals surface area (Å²) in [4.78, 5) is 2.43. The van der Waals surface area contributed by atoms with Gasteiger partial charge in [-0.15, -0.1) is 0 Å². The number of nitrogens with zero attached hydrogens (tertiary/aromatic N) is 1. The van der Waals surface area contributed by atoms with Gasteiger partial charge in [-0.1, -0.05) is 25.1 Å². The zero-order valence-electron chi connectivity index (χ0n) is 11.1. The van der Waals surface area contributed by atoms with Crippen LogP contribution in [0.4, 0.5) is 5.69 Å². The van der Waals surface area contributed by atoms with E-state index < -0.39 is 0 Å². The van der Waals surface area contributed by atoms with E-state index in [1.54, 1.807) is 0 Å². The molecule has 18 heavy (non-hydrogen) atoms. The van der Waals surface area contributed by atoms with Crippen molar-refractivity contribution in [3.05, 3.63) is 29.8 Å². The largest absolute Gasteiger partial charge is 0.380 e. The Morgan fingerprint density at radius 1 is 1.39 bits per heavy atom. The third kappa shape index (κ3) is 1.82. The molecule has 3 rings (SSSR count). The predicted octanol–water partition coefficient (Wildman–Crippen LogP) is 1.98. The quantitative estimate of drug-likeness (QED) is 0.886. The van der Waals surface area contributed by atoms with E-state index >= 15 is 0 Å². The van der Waals surface area contributed by atoms with E-state index in [9.17, 15) is 0 Å². The Morgan fingerprint density at radius 3 is 2.83 bits per heavy atom. The van der Waals surface area contributed by atoms with Crippen LogP contribution in [0.15, 0.2) is 24.3 Å². The molecule has 1 saturated heterocycles. The third-order valence-corrected chi connectivity index (χ3v) is 4.44. The average Bonchev–Trinajstić information content (AvgIpc) is 2.37. The van der Waals surface area contributed by atoms with Gasteiger partial charge in [0.25, 0.3) is 0 Å². The number of hydrogen-bond acceptors (Lipinski definition) is 3. The molecule has 3 nitrogen and oxygen atoms in total. The highest BCUT2D eigenvalue weighted by atomic mass is 16.5. The van der Waals surface area contributed by atoms with Crippen LogP contribution < -0.4 is 10.6 Å². The maximum absolute atomic E-state index is 5.71. The zero-order valence-corrected chi connectivity index (χ0v) is 11.1. The summed E-state index contributed by atoms with van der Waals surface area (Å²) < 4.78 is 5.45. The van der Waals surface area contributed by atoms with Crippen LogP contribution in [0.5, 0.6) is 0 Å². The molecule has 0 radical (unpaired) electrons. The van der Waals surface area contributed by atoms with Gasteiger partial charge in [0.2, 0.25) is 0 Å². The molecule has 0 amide bonds. The van der Waals surface area contributed by atoms with Crippen molar-refractivity contribution < 1.29 is 4.74 Å². The van der Waals surface area contributed by atoms with Crippen LogP contribution >= 0.6 is 0 Å². The highest BCUT2D eigenvalue weighted by Gasteiger charge is 2.44. The monoisotopic (exact) mass is 246 g/mol. The molecule has 1 atom stereocenters. The Hall–Kier alpha value is -1.06. The van der Waals surface area contributed by atoms with Gasteiger partial charge in [-0.2, -0.15) is 0 Å². The molecule has 1 aromatic rings. The van der Waals surface area contributed by atoms with Gasteiger partial charge < -0.3 is 15.4 Å². The first-order valence-corrected chi connectivity index (χ1v) is 6.86. The highest BCUT2D eigenvalue weighted by Crippen LogP contribution is 2.48. The van der Waals surface area contributed by atoms with Crippen molar-refractivity contribution in [3.63, 3.8) is 0 Å². The number of para-hydroxylation sites is 1. The molecule has 1 aromatic carbocycles. The molecule has 2 heterocycles. The maximum atomic E-state index is 5.71. The second-order valence-electron chi connectivity index (χ2n) is 5.82. The van der Waals surface area contributed by atoms with E-state index in [2.05, 4.69) is 36.1 Å². The van der Waals surface area contributed by atoms with Crippen molar-refractivity contribution in [3.8, 4) is 0 Å². The highest BCUT2D eigenvalue weighted by molar-refractivity contribution is 5.57. The second-order valence-corrected chi connectivity index (χ2v) is 5.82. The van der Waals surface area contributed by atoms with Crippen LogP contribution in [-0.2, 0) is 4.74 Å². The van der Waals surface area contributed by atoms with Crippen LogP contribution in [0.2, 0.25) is 0 Å². The average molecular weight is 246 g/mol. The number of benzene rings is 1. The topological polar surface area (TPSA) is 38.5 Å². The van der Waals surface area contributed by atoms with Crippen LogP contribution in [-0.4, -0.2) is 32.8 Å². The zero-order chi connectivity index (χ0) is 12.6. The first-order valence-electron chi connectivity index (χ1n) is 6.86. The molecule has 2 aliphatic heterocycles. The smallest absolute Gasteiger partial charge is 0.0548 e. The molecule has 0 aromatic heterocycles. The maximum Gasteiger partial charge on any atom is 0.0548 e. The molecule has 0 bridgehead atoms. The summed E-state index contributed by atoms with van der Waals surface area (Å²) >= 11 is 0. The Kier molecular flexibility index (Phi) is 3.04. The van der Waals surface area contributed by atoms with E-state index in [0.717, 1.165) is 32.8 Å². The first kappa shape index (κ1) is 12.0. The lowest BCUT2D eigenvalue weighted by Crippen LogP contribution is -2.48. The lowest BCUT2D eigenvalue weighted by atomic mass is 9.68. The van der Waals surface area contributed by atoms with Gasteiger partial charge in [-0.25, -0.2) is 0 Å². The minimum absolute atomic E-state index is 0.338. The van der Waals surface area contributed by atoms with Gasteiger partial charge in [-0.3, -0.25) is 0 Å². The fraction of sp³-hybridized carbons (Fsp3) is 0.600. The molecule has 2 aliphatic rings. The Bertz CT molecular complexity index is 428. The molecule has 0 unspecified atom stereocenters. The van der Waals surface area contributed by atoms with Crippen molar-refractivity contribution in [1.29, 1.82) is 0 Å². The number of rotatable bonds is 3. The summed E-state index contributed by atoms with van der Waals surface area (Å²) in [6.45, 7) is 6.97. The van der Waals surface area contributed by atoms with E-state index in [1.807, 2.05) is 0 Å². The summed E-state index contributed by atoms with van der Waals surface area (Å²) in [5.41, 5.74) is 8.92. The molecule has 98 valence electrons. The van der Waals surface area contributed by atoms with E-state index in [0.29, 0.717) is 11.3 Å². The Balaban J connectivity index is 1.94. The fourth-order valence-corrected chi connectivity index (χ4v) is 3.37. The van der Waals surface area contributed by atoms with E-state index in [1.165, 1.54) is 17.7 Å².